The maximum absolute atomic E-state index is 13.6. The highest BCUT2D eigenvalue weighted by Crippen LogP contribution is 2.28. The minimum absolute atomic E-state index is 0.0306. The molecule has 0 saturated carbocycles. The highest BCUT2D eigenvalue weighted by atomic mass is 16.5. The number of carbonyl (C=O) groups excluding carboxylic acids is 3. The summed E-state index contributed by atoms with van der Waals surface area (Å²) in [5.41, 5.74) is 1.82. The summed E-state index contributed by atoms with van der Waals surface area (Å²) in [5, 5.41) is 15.8. The largest absolute Gasteiger partial charge is 0.508 e. The quantitative estimate of drug-likeness (QED) is 0.403. The third-order valence-electron chi connectivity index (χ3n) is 6.72. The number of phenolic OH excluding ortho intramolecular Hbond substituents is 1. The number of hydrogen-bond donors (Lipinski definition) is 2. The number of nitrogens with zero attached hydrogens (tertiary/aromatic N) is 4. The van der Waals surface area contributed by atoms with Gasteiger partial charge in [-0.05, 0) is 36.1 Å². The molecule has 1 aromatic carbocycles. The summed E-state index contributed by atoms with van der Waals surface area (Å²) >= 11 is 0. The summed E-state index contributed by atoms with van der Waals surface area (Å²) < 4.78 is 5.40. The third-order valence-corrected chi connectivity index (χ3v) is 6.72. The van der Waals surface area contributed by atoms with Crippen LogP contribution in [-0.2, 0) is 20.7 Å². The molecule has 1 aromatic rings. The number of hydrazine groups is 1. The number of rotatable bonds is 8. The number of hydrogen-bond acceptors (Lipinski definition) is 6. The van der Waals surface area contributed by atoms with Crippen LogP contribution in [0.1, 0.15) is 18.4 Å². The number of amides is 4. The van der Waals surface area contributed by atoms with Gasteiger partial charge in [0.25, 0.3) is 0 Å². The zero-order chi connectivity index (χ0) is 26.4. The van der Waals surface area contributed by atoms with E-state index in [2.05, 4.69) is 23.4 Å². The van der Waals surface area contributed by atoms with Gasteiger partial charge in [-0.1, -0.05) is 36.3 Å². The van der Waals surface area contributed by atoms with Gasteiger partial charge in [0, 0.05) is 26.6 Å². The molecule has 196 valence electrons. The molecule has 0 aromatic heterocycles. The number of allylic oxidation sites excluding steroid dienone is 2. The molecule has 4 amide bonds. The van der Waals surface area contributed by atoms with E-state index in [1.165, 1.54) is 9.91 Å². The van der Waals surface area contributed by atoms with Crippen molar-refractivity contribution in [1.29, 1.82) is 0 Å². The molecule has 37 heavy (non-hydrogen) atoms. The second-order valence-electron chi connectivity index (χ2n) is 9.29. The van der Waals surface area contributed by atoms with Crippen LogP contribution in [-0.4, -0.2) is 101 Å². The van der Waals surface area contributed by atoms with Gasteiger partial charge < -0.3 is 25.0 Å². The summed E-state index contributed by atoms with van der Waals surface area (Å²) in [7, 11) is 1.69. The molecule has 10 heteroatoms. The van der Waals surface area contributed by atoms with Gasteiger partial charge in [0.15, 0.2) is 0 Å². The maximum Gasteiger partial charge on any atom is 0.334 e. The number of fused-ring (bicyclic) bond motifs is 1. The van der Waals surface area contributed by atoms with E-state index in [0.29, 0.717) is 6.54 Å². The fourth-order valence-corrected chi connectivity index (χ4v) is 4.92. The van der Waals surface area contributed by atoms with Crippen LogP contribution >= 0.6 is 0 Å². The van der Waals surface area contributed by atoms with E-state index in [1.54, 1.807) is 41.2 Å². The Labute approximate surface area is 217 Å². The monoisotopic (exact) mass is 507 g/mol. The predicted molar refractivity (Wildman–Crippen MR) is 137 cm³/mol. The molecule has 2 heterocycles. The molecule has 2 fully saturated rings. The van der Waals surface area contributed by atoms with Gasteiger partial charge in [0.1, 0.15) is 24.6 Å². The molecule has 2 saturated heterocycles. The Balaban J connectivity index is 1.58. The number of benzene rings is 1. The maximum atomic E-state index is 13.6. The lowest BCUT2D eigenvalue weighted by atomic mass is 9.98. The predicted octanol–water partition coefficient (Wildman–Crippen LogP) is 1.10. The molecule has 1 aliphatic carbocycles. The van der Waals surface area contributed by atoms with Gasteiger partial charge in [-0.2, -0.15) is 0 Å². The molecule has 2 aliphatic heterocycles. The van der Waals surface area contributed by atoms with Crippen molar-refractivity contribution in [3.05, 3.63) is 53.6 Å². The molecule has 0 bridgehead atoms. The van der Waals surface area contributed by atoms with Crippen molar-refractivity contribution in [3.63, 3.8) is 0 Å². The number of terminal acetylenes is 1. The Morgan fingerprint density at radius 2 is 2.03 bits per heavy atom. The molecule has 0 spiro atoms. The summed E-state index contributed by atoms with van der Waals surface area (Å²) in [6, 6.07) is 5.39. The summed E-state index contributed by atoms with van der Waals surface area (Å²) in [6.07, 6.45) is 12.9. The first-order chi connectivity index (χ1) is 17.9. The number of ether oxygens (including phenoxy) is 1. The molecule has 0 radical (unpaired) electrons. The first-order valence-electron chi connectivity index (χ1n) is 12.4. The lowest BCUT2D eigenvalue weighted by Crippen LogP contribution is -2.76. The van der Waals surface area contributed by atoms with Crippen molar-refractivity contribution in [2.24, 2.45) is 0 Å². The van der Waals surface area contributed by atoms with E-state index in [0.717, 1.165) is 24.0 Å². The van der Waals surface area contributed by atoms with Crippen molar-refractivity contribution in [1.82, 2.24) is 25.1 Å². The van der Waals surface area contributed by atoms with Crippen molar-refractivity contribution < 1.29 is 24.2 Å². The number of piperazine rings is 1. The van der Waals surface area contributed by atoms with Gasteiger partial charge in [-0.25, -0.2) is 14.8 Å². The van der Waals surface area contributed by atoms with Crippen LogP contribution in [0.2, 0.25) is 0 Å². The third kappa shape index (κ3) is 6.13. The lowest BCUT2D eigenvalue weighted by Gasteiger charge is -2.54. The minimum atomic E-state index is -0.809. The molecule has 10 nitrogen and oxygen atoms in total. The molecule has 0 unspecified atom stereocenters. The van der Waals surface area contributed by atoms with Crippen molar-refractivity contribution >= 4 is 17.8 Å². The van der Waals surface area contributed by atoms with E-state index in [9.17, 15) is 19.5 Å². The lowest BCUT2D eigenvalue weighted by molar-refractivity contribution is -0.187. The number of nitrogens with one attached hydrogen (secondary N) is 1. The Morgan fingerprint density at radius 3 is 2.73 bits per heavy atom. The molecular weight excluding hydrogens is 474 g/mol. The van der Waals surface area contributed by atoms with Gasteiger partial charge in [0.2, 0.25) is 11.8 Å². The summed E-state index contributed by atoms with van der Waals surface area (Å²) in [6.45, 7) is 1.15. The van der Waals surface area contributed by atoms with Crippen LogP contribution in [0.15, 0.2) is 48.1 Å². The summed E-state index contributed by atoms with van der Waals surface area (Å²) in [5.74, 6) is 2.08. The van der Waals surface area contributed by atoms with Gasteiger partial charge in [-0.15, -0.1) is 6.42 Å². The molecular formula is C27H33N5O5. The van der Waals surface area contributed by atoms with Crippen LogP contribution in [0, 0.1) is 12.3 Å². The van der Waals surface area contributed by atoms with Crippen molar-refractivity contribution in [3.8, 4) is 18.1 Å². The number of likely N-dealkylation sites (N-methyl/N-ethyl adjacent to an activating group) is 1. The Bertz CT molecular complexity index is 1110. The standard InChI is InChI=1S/C27H33N5O5/c1-3-14-37-15-13-30-18-24-31(23(26(30)35)16-20-9-11-22(33)12-10-20)25(34)19-29(2)32(24)27(36)28-17-21-7-5-4-6-8-21/h1,5,7-12,23-24,33H,4,6,13-19H2,2H3,(H,28,36)/t23-,24-/m0/s1. The Morgan fingerprint density at radius 1 is 1.24 bits per heavy atom. The van der Waals surface area contributed by atoms with Crippen LogP contribution in [0.4, 0.5) is 4.79 Å². The zero-order valence-electron chi connectivity index (χ0n) is 21.0. The minimum Gasteiger partial charge on any atom is -0.508 e. The first-order valence-corrected chi connectivity index (χ1v) is 12.4. The highest BCUT2D eigenvalue weighted by molar-refractivity contribution is 5.91. The van der Waals surface area contributed by atoms with Gasteiger partial charge >= 0.3 is 6.03 Å². The van der Waals surface area contributed by atoms with E-state index >= 15 is 0 Å². The van der Waals surface area contributed by atoms with Crippen LogP contribution in [0.25, 0.3) is 0 Å². The van der Waals surface area contributed by atoms with E-state index in [4.69, 9.17) is 11.2 Å². The molecule has 4 rings (SSSR count). The first kappa shape index (κ1) is 26.3. The van der Waals surface area contributed by atoms with Crippen LogP contribution in [0.5, 0.6) is 5.75 Å². The fourth-order valence-electron chi connectivity index (χ4n) is 4.92. The second kappa shape index (κ2) is 12.0. The topological polar surface area (TPSA) is 106 Å². The normalized spacial score (nSPS) is 21.9. The van der Waals surface area contributed by atoms with E-state index < -0.39 is 12.2 Å². The van der Waals surface area contributed by atoms with E-state index in [1.807, 2.05) is 6.08 Å². The average molecular weight is 508 g/mol. The number of phenols is 1. The molecule has 2 atom stereocenters. The molecule has 2 N–H and O–H groups in total. The van der Waals surface area contributed by atoms with Gasteiger partial charge in [0.05, 0.1) is 19.7 Å². The highest BCUT2D eigenvalue weighted by Gasteiger charge is 2.50. The smallest absolute Gasteiger partial charge is 0.334 e. The fraction of sp³-hybridized carbons (Fsp3) is 0.444. The van der Waals surface area contributed by atoms with Crippen molar-refractivity contribution in [2.45, 2.75) is 31.5 Å². The zero-order valence-corrected chi connectivity index (χ0v) is 21.0. The number of urea groups is 1. The van der Waals surface area contributed by atoms with E-state index in [-0.39, 0.29) is 62.9 Å². The Hall–Kier alpha value is -3.81. The molecule has 3 aliphatic rings. The summed E-state index contributed by atoms with van der Waals surface area (Å²) in [4.78, 5) is 43.4. The Kier molecular flexibility index (Phi) is 8.48. The van der Waals surface area contributed by atoms with Gasteiger partial charge in [-0.3, -0.25) is 9.59 Å². The number of carbonyl (C=O) groups is 3. The van der Waals surface area contributed by atoms with Crippen LogP contribution in [0.3, 0.4) is 0 Å². The van der Waals surface area contributed by atoms with Crippen LogP contribution < -0.4 is 5.32 Å². The second-order valence-corrected chi connectivity index (χ2v) is 9.29. The van der Waals surface area contributed by atoms with Crippen molar-refractivity contribution in [2.75, 3.05) is 46.4 Å². The SMILES string of the molecule is C#CCOCCN1C[C@H]2N(C(=O)CN(C)N2C(=O)NCC2=CCCC=C2)[C@@H](Cc2ccc(O)cc2)C1=O. The average Bonchev–Trinajstić information content (AvgIpc) is 2.89. The number of aromatic hydroxyl groups is 1.